The standard InChI is InChI=1S/C8H17NO3/c1-4-9(3)6-7(8(10)11)12-5-2/h7H,4-6H2,1-3H3,(H,10,11). The van der Waals surface area contributed by atoms with E-state index in [1.54, 1.807) is 6.92 Å². The van der Waals surface area contributed by atoms with Gasteiger partial charge in [0.2, 0.25) is 0 Å². The van der Waals surface area contributed by atoms with E-state index < -0.39 is 12.1 Å². The van der Waals surface area contributed by atoms with Crippen LogP contribution in [0.2, 0.25) is 0 Å². The zero-order valence-corrected chi connectivity index (χ0v) is 7.91. The van der Waals surface area contributed by atoms with Gasteiger partial charge in [-0.05, 0) is 20.5 Å². The van der Waals surface area contributed by atoms with Gasteiger partial charge < -0.3 is 14.7 Å². The number of nitrogens with zero attached hydrogens (tertiary/aromatic N) is 1. The third kappa shape index (κ3) is 4.31. The molecule has 1 atom stereocenters. The lowest BCUT2D eigenvalue weighted by Gasteiger charge is -2.19. The number of carboxylic acid groups (broad SMARTS) is 1. The summed E-state index contributed by atoms with van der Waals surface area (Å²) in [7, 11) is 1.87. The fourth-order valence-electron chi connectivity index (χ4n) is 0.815. The Kier molecular flexibility index (Phi) is 5.66. The maximum Gasteiger partial charge on any atom is 0.334 e. The summed E-state index contributed by atoms with van der Waals surface area (Å²) in [5, 5.41) is 8.70. The van der Waals surface area contributed by atoms with Gasteiger partial charge in [-0.2, -0.15) is 0 Å². The molecular formula is C8H17NO3. The largest absolute Gasteiger partial charge is 0.479 e. The average Bonchev–Trinajstić information content (AvgIpc) is 2.03. The zero-order chi connectivity index (χ0) is 9.56. The van der Waals surface area contributed by atoms with Gasteiger partial charge in [-0.3, -0.25) is 0 Å². The number of likely N-dealkylation sites (N-methyl/N-ethyl adjacent to an activating group) is 1. The average molecular weight is 175 g/mol. The van der Waals surface area contributed by atoms with E-state index in [1.165, 1.54) is 0 Å². The Morgan fingerprint density at radius 1 is 1.58 bits per heavy atom. The van der Waals surface area contributed by atoms with E-state index in [0.717, 1.165) is 6.54 Å². The van der Waals surface area contributed by atoms with Gasteiger partial charge in [0.1, 0.15) is 0 Å². The highest BCUT2D eigenvalue weighted by atomic mass is 16.5. The molecule has 4 nitrogen and oxygen atoms in total. The quantitative estimate of drug-likeness (QED) is 0.636. The molecule has 0 aromatic heterocycles. The molecule has 0 radical (unpaired) electrons. The van der Waals surface area contributed by atoms with Crippen LogP contribution in [0.4, 0.5) is 0 Å². The molecule has 0 aliphatic heterocycles. The van der Waals surface area contributed by atoms with Crippen LogP contribution in [-0.2, 0) is 9.53 Å². The lowest BCUT2D eigenvalue weighted by Crippen LogP contribution is -2.36. The first-order valence-corrected chi connectivity index (χ1v) is 4.14. The number of hydrogen-bond donors (Lipinski definition) is 1. The molecule has 4 heteroatoms. The van der Waals surface area contributed by atoms with Crippen molar-refractivity contribution in [2.75, 3.05) is 26.7 Å². The van der Waals surface area contributed by atoms with Gasteiger partial charge >= 0.3 is 5.97 Å². The highest BCUT2D eigenvalue weighted by molar-refractivity contribution is 5.72. The molecule has 0 fully saturated rings. The van der Waals surface area contributed by atoms with Gasteiger partial charge in [-0.25, -0.2) is 4.79 Å². The van der Waals surface area contributed by atoms with Crippen LogP contribution in [0.25, 0.3) is 0 Å². The Hall–Kier alpha value is -0.610. The van der Waals surface area contributed by atoms with Crippen LogP contribution >= 0.6 is 0 Å². The fraction of sp³-hybridized carbons (Fsp3) is 0.875. The number of carbonyl (C=O) groups is 1. The number of rotatable bonds is 6. The van der Waals surface area contributed by atoms with E-state index in [1.807, 2.05) is 18.9 Å². The molecule has 1 N–H and O–H groups in total. The predicted octanol–water partition coefficient (Wildman–Crippen LogP) is 0.428. The van der Waals surface area contributed by atoms with Crippen molar-refractivity contribution >= 4 is 5.97 Å². The molecule has 0 aromatic carbocycles. The van der Waals surface area contributed by atoms with Gasteiger partial charge in [0.05, 0.1) is 0 Å². The molecular weight excluding hydrogens is 158 g/mol. The van der Waals surface area contributed by atoms with E-state index in [4.69, 9.17) is 9.84 Å². The Bertz CT molecular complexity index is 138. The molecule has 0 aliphatic rings. The molecule has 0 heterocycles. The number of hydrogen-bond acceptors (Lipinski definition) is 3. The lowest BCUT2D eigenvalue weighted by atomic mass is 10.3. The van der Waals surface area contributed by atoms with Crippen molar-refractivity contribution in [2.45, 2.75) is 20.0 Å². The van der Waals surface area contributed by atoms with Crippen molar-refractivity contribution in [1.82, 2.24) is 4.90 Å². The molecule has 0 aromatic rings. The van der Waals surface area contributed by atoms with Crippen LogP contribution in [0.15, 0.2) is 0 Å². The maximum atomic E-state index is 10.6. The minimum atomic E-state index is -0.892. The van der Waals surface area contributed by atoms with Crippen molar-refractivity contribution in [2.24, 2.45) is 0 Å². The third-order valence-electron chi connectivity index (χ3n) is 1.66. The van der Waals surface area contributed by atoms with Crippen LogP contribution < -0.4 is 0 Å². The highest BCUT2D eigenvalue weighted by Gasteiger charge is 2.18. The van der Waals surface area contributed by atoms with Crippen LogP contribution in [-0.4, -0.2) is 48.8 Å². The van der Waals surface area contributed by atoms with E-state index in [2.05, 4.69) is 0 Å². The summed E-state index contributed by atoms with van der Waals surface area (Å²) >= 11 is 0. The first-order chi connectivity index (χ1) is 5.61. The topological polar surface area (TPSA) is 49.8 Å². The monoisotopic (exact) mass is 175 g/mol. The molecule has 0 spiro atoms. The van der Waals surface area contributed by atoms with Gasteiger partial charge in [-0.1, -0.05) is 6.92 Å². The van der Waals surface area contributed by atoms with Crippen molar-refractivity contribution in [3.05, 3.63) is 0 Å². The molecule has 0 aliphatic carbocycles. The summed E-state index contributed by atoms with van der Waals surface area (Å²) in [5.41, 5.74) is 0. The normalized spacial score (nSPS) is 13.3. The Balaban J connectivity index is 3.86. The zero-order valence-electron chi connectivity index (χ0n) is 7.91. The SMILES string of the molecule is CCOC(CN(C)CC)C(=O)O. The molecule has 0 saturated carbocycles. The number of aliphatic carboxylic acids is 1. The molecule has 0 rings (SSSR count). The lowest BCUT2D eigenvalue weighted by molar-refractivity contribution is -0.151. The van der Waals surface area contributed by atoms with Gasteiger partial charge in [-0.15, -0.1) is 0 Å². The molecule has 0 amide bonds. The second kappa shape index (κ2) is 5.97. The van der Waals surface area contributed by atoms with Crippen molar-refractivity contribution in [3.63, 3.8) is 0 Å². The summed E-state index contributed by atoms with van der Waals surface area (Å²) in [6, 6.07) is 0. The minimum absolute atomic E-state index is 0.439. The van der Waals surface area contributed by atoms with Crippen molar-refractivity contribution in [1.29, 1.82) is 0 Å². The first-order valence-electron chi connectivity index (χ1n) is 4.14. The number of ether oxygens (including phenoxy) is 1. The Labute approximate surface area is 73.1 Å². The fourth-order valence-corrected chi connectivity index (χ4v) is 0.815. The molecule has 0 bridgehead atoms. The van der Waals surface area contributed by atoms with Crippen molar-refractivity contribution in [3.8, 4) is 0 Å². The first kappa shape index (κ1) is 11.4. The van der Waals surface area contributed by atoms with Gasteiger partial charge in [0.15, 0.2) is 6.10 Å². The summed E-state index contributed by atoms with van der Waals surface area (Å²) in [6.45, 7) is 5.48. The van der Waals surface area contributed by atoms with E-state index in [0.29, 0.717) is 13.2 Å². The predicted molar refractivity (Wildman–Crippen MR) is 46.2 cm³/mol. The smallest absolute Gasteiger partial charge is 0.334 e. The van der Waals surface area contributed by atoms with Crippen LogP contribution in [0.5, 0.6) is 0 Å². The van der Waals surface area contributed by atoms with E-state index in [-0.39, 0.29) is 0 Å². The molecule has 72 valence electrons. The summed E-state index contributed by atoms with van der Waals surface area (Å²) < 4.78 is 5.03. The van der Waals surface area contributed by atoms with E-state index in [9.17, 15) is 4.79 Å². The van der Waals surface area contributed by atoms with Gasteiger partial charge in [0.25, 0.3) is 0 Å². The van der Waals surface area contributed by atoms with Crippen LogP contribution in [0.1, 0.15) is 13.8 Å². The third-order valence-corrected chi connectivity index (χ3v) is 1.66. The van der Waals surface area contributed by atoms with Crippen LogP contribution in [0, 0.1) is 0 Å². The summed E-state index contributed by atoms with van der Waals surface area (Å²) in [6.07, 6.45) is -0.694. The van der Waals surface area contributed by atoms with Crippen LogP contribution in [0.3, 0.4) is 0 Å². The van der Waals surface area contributed by atoms with Crippen molar-refractivity contribution < 1.29 is 14.6 Å². The molecule has 1 unspecified atom stereocenters. The summed E-state index contributed by atoms with van der Waals surface area (Å²) in [5.74, 6) is -0.892. The highest BCUT2D eigenvalue weighted by Crippen LogP contribution is 1.95. The molecule has 0 saturated heterocycles. The van der Waals surface area contributed by atoms with E-state index >= 15 is 0 Å². The molecule has 12 heavy (non-hydrogen) atoms. The Morgan fingerprint density at radius 3 is 2.50 bits per heavy atom. The maximum absolute atomic E-state index is 10.6. The Morgan fingerprint density at radius 2 is 2.17 bits per heavy atom. The number of carboxylic acids is 1. The second-order valence-electron chi connectivity index (χ2n) is 2.64. The van der Waals surface area contributed by atoms with Gasteiger partial charge in [0, 0.05) is 13.2 Å². The minimum Gasteiger partial charge on any atom is -0.479 e. The second-order valence-corrected chi connectivity index (χ2v) is 2.64. The summed E-state index contributed by atoms with van der Waals surface area (Å²) in [4.78, 5) is 12.5.